The molecule has 2 aromatic heterocycles. The van der Waals surface area contributed by atoms with Crippen LogP contribution >= 0.6 is 0 Å². The van der Waals surface area contributed by atoms with Gasteiger partial charge in [-0.1, -0.05) is 5.92 Å². The molecule has 3 heterocycles. The number of fused-ring (bicyclic) bond motifs is 1. The van der Waals surface area contributed by atoms with Crippen molar-refractivity contribution in [3.8, 4) is 11.8 Å². The summed E-state index contributed by atoms with van der Waals surface area (Å²) in [6.07, 6.45) is 3.70. The summed E-state index contributed by atoms with van der Waals surface area (Å²) < 4.78 is 1.60. The van der Waals surface area contributed by atoms with Gasteiger partial charge in [0.1, 0.15) is 11.8 Å². The standard InChI is InChI=1S/C13H13N5O2/c1-2-3-11(19)17-5-4-9(7-17)18-12-10(16-13(18)20)6-14-8-15-12/h6,8-9H,4-5,7H2,1H3,(H,16,20). The van der Waals surface area contributed by atoms with E-state index < -0.39 is 0 Å². The van der Waals surface area contributed by atoms with Gasteiger partial charge >= 0.3 is 5.69 Å². The molecule has 7 nitrogen and oxygen atoms in total. The molecule has 3 rings (SSSR count). The van der Waals surface area contributed by atoms with Crippen molar-refractivity contribution in [1.29, 1.82) is 0 Å². The number of hydrogen-bond acceptors (Lipinski definition) is 4. The summed E-state index contributed by atoms with van der Waals surface area (Å²) in [6, 6.07) is -0.0752. The molecule has 0 aromatic carbocycles. The van der Waals surface area contributed by atoms with E-state index in [2.05, 4.69) is 26.8 Å². The molecule has 1 amide bonds. The average molecular weight is 271 g/mol. The van der Waals surface area contributed by atoms with Crippen LogP contribution in [0.25, 0.3) is 11.2 Å². The van der Waals surface area contributed by atoms with Crippen LogP contribution in [0.1, 0.15) is 19.4 Å². The smallest absolute Gasteiger partial charge is 0.328 e. The van der Waals surface area contributed by atoms with Crippen LogP contribution in [0.15, 0.2) is 17.3 Å². The Bertz CT molecular complexity index is 779. The van der Waals surface area contributed by atoms with Gasteiger partial charge in [-0.2, -0.15) is 0 Å². The number of hydrogen-bond donors (Lipinski definition) is 1. The second-order valence-electron chi connectivity index (χ2n) is 4.63. The maximum atomic E-state index is 12.0. The van der Waals surface area contributed by atoms with Gasteiger partial charge in [0, 0.05) is 13.1 Å². The molecule has 2 aromatic rings. The molecule has 1 N–H and O–H groups in total. The van der Waals surface area contributed by atoms with Crippen molar-refractivity contribution < 1.29 is 4.79 Å². The van der Waals surface area contributed by atoms with Crippen molar-refractivity contribution in [2.75, 3.05) is 13.1 Å². The number of H-pyrrole nitrogens is 1. The predicted molar refractivity (Wildman–Crippen MR) is 71.8 cm³/mol. The quantitative estimate of drug-likeness (QED) is 0.735. The molecule has 1 aliphatic heterocycles. The molecule has 102 valence electrons. The van der Waals surface area contributed by atoms with Crippen LogP contribution in [0, 0.1) is 11.8 Å². The molecule has 0 bridgehead atoms. The Morgan fingerprint density at radius 2 is 2.40 bits per heavy atom. The highest BCUT2D eigenvalue weighted by molar-refractivity contribution is 5.93. The Morgan fingerprint density at radius 1 is 1.55 bits per heavy atom. The van der Waals surface area contributed by atoms with Crippen LogP contribution in [-0.2, 0) is 4.79 Å². The van der Waals surface area contributed by atoms with Crippen LogP contribution in [0.2, 0.25) is 0 Å². The number of amides is 1. The van der Waals surface area contributed by atoms with Crippen LogP contribution in [0.3, 0.4) is 0 Å². The van der Waals surface area contributed by atoms with Gasteiger partial charge in [-0.25, -0.2) is 14.8 Å². The second-order valence-corrected chi connectivity index (χ2v) is 4.63. The van der Waals surface area contributed by atoms with E-state index in [1.165, 1.54) is 6.33 Å². The molecule has 0 aliphatic carbocycles. The molecule has 1 saturated heterocycles. The summed E-state index contributed by atoms with van der Waals surface area (Å²) >= 11 is 0. The fraction of sp³-hybridized carbons (Fsp3) is 0.385. The number of imidazole rings is 1. The Labute approximate surface area is 114 Å². The Kier molecular flexibility index (Phi) is 2.99. The lowest BCUT2D eigenvalue weighted by Gasteiger charge is -2.13. The molecule has 1 fully saturated rings. The van der Waals surface area contributed by atoms with Crippen LogP contribution < -0.4 is 5.69 Å². The first-order chi connectivity index (χ1) is 9.70. The molecule has 1 aliphatic rings. The van der Waals surface area contributed by atoms with E-state index in [-0.39, 0.29) is 17.6 Å². The second kappa shape index (κ2) is 4.81. The fourth-order valence-electron chi connectivity index (χ4n) is 2.54. The minimum atomic E-state index is -0.221. The Hall–Kier alpha value is -2.62. The first-order valence-electron chi connectivity index (χ1n) is 6.32. The number of aromatic nitrogens is 4. The summed E-state index contributed by atoms with van der Waals surface area (Å²) in [6.45, 7) is 2.71. The van der Waals surface area contributed by atoms with Crippen LogP contribution in [-0.4, -0.2) is 43.4 Å². The minimum absolute atomic E-state index is 0.0752. The van der Waals surface area contributed by atoms with E-state index in [4.69, 9.17) is 0 Å². The van der Waals surface area contributed by atoms with Crippen molar-refractivity contribution in [3.63, 3.8) is 0 Å². The molecule has 20 heavy (non-hydrogen) atoms. The number of likely N-dealkylation sites (tertiary alicyclic amines) is 1. The highest BCUT2D eigenvalue weighted by Crippen LogP contribution is 2.22. The van der Waals surface area contributed by atoms with Gasteiger partial charge in [0.25, 0.3) is 5.91 Å². The summed E-state index contributed by atoms with van der Waals surface area (Å²) in [5.41, 5.74) is 0.961. The van der Waals surface area contributed by atoms with E-state index in [9.17, 15) is 9.59 Å². The van der Waals surface area contributed by atoms with Crippen molar-refractivity contribution >= 4 is 17.1 Å². The van der Waals surface area contributed by atoms with Crippen LogP contribution in [0.4, 0.5) is 0 Å². The normalized spacial score (nSPS) is 18.1. The van der Waals surface area contributed by atoms with E-state index in [1.807, 2.05) is 0 Å². The average Bonchev–Trinajstić information content (AvgIpc) is 3.01. The number of carbonyl (C=O) groups is 1. The van der Waals surface area contributed by atoms with Gasteiger partial charge in [-0.15, -0.1) is 0 Å². The number of rotatable bonds is 1. The first-order valence-corrected chi connectivity index (χ1v) is 6.32. The molecule has 0 spiro atoms. The molecular weight excluding hydrogens is 258 g/mol. The van der Waals surface area contributed by atoms with Gasteiger partial charge in [-0.3, -0.25) is 9.36 Å². The number of nitrogens with zero attached hydrogens (tertiary/aromatic N) is 4. The lowest BCUT2D eigenvalue weighted by molar-refractivity contribution is -0.124. The molecule has 1 atom stereocenters. The van der Waals surface area contributed by atoms with Gasteiger partial charge in [0.2, 0.25) is 0 Å². The summed E-state index contributed by atoms with van der Waals surface area (Å²) in [7, 11) is 0. The first kappa shape index (κ1) is 12.4. The van der Waals surface area contributed by atoms with Crippen molar-refractivity contribution in [1.82, 2.24) is 24.4 Å². The van der Waals surface area contributed by atoms with Gasteiger partial charge < -0.3 is 9.88 Å². The van der Waals surface area contributed by atoms with E-state index in [0.717, 1.165) is 0 Å². The van der Waals surface area contributed by atoms with Crippen molar-refractivity contribution in [3.05, 3.63) is 23.0 Å². The maximum absolute atomic E-state index is 12.0. The fourth-order valence-corrected chi connectivity index (χ4v) is 2.54. The molecule has 0 radical (unpaired) electrons. The highest BCUT2D eigenvalue weighted by atomic mass is 16.2. The third-order valence-electron chi connectivity index (χ3n) is 3.43. The Morgan fingerprint density at radius 3 is 3.20 bits per heavy atom. The minimum Gasteiger partial charge on any atom is -0.330 e. The lowest BCUT2D eigenvalue weighted by Crippen LogP contribution is -2.29. The lowest BCUT2D eigenvalue weighted by atomic mass is 10.2. The predicted octanol–water partition coefficient (Wildman–Crippen LogP) is -0.0837. The summed E-state index contributed by atoms with van der Waals surface area (Å²) in [5.74, 6) is 4.92. The van der Waals surface area contributed by atoms with Gasteiger partial charge in [0.05, 0.1) is 12.2 Å². The van der Waals surface area contributed by atoms with E-state index in [1.54, 1.807) is 22.6 Å². The zero-order valence-corrected chi connectivity index (χ0v) is 11.0. The third-order valence-corrected chi connectivity index (χ3v) is 3.43. The van der Waals surface area contributed by atoms with Crippen LogP contribution in [0.5, 0.6) is 0 Å². The highest BCUT2D eigenvalue weighted by Gasteiger charge is 2.29. The zero-order chi connectivity index (χ0) is 14.1. The monoisotopic (exact) mass is 271 g/mol. The van der Waals surface area contributed by atoms with Crippen molar-refractivity contribution in [2.45, 2.75) is 19.4 Å². The molecule has 1 unspecified atom stereocenters. The Balaban J connectivity index is 1.93. The largest absolute Gasteiger partial charge is 0.330 e. The summed E-state index contributed by atoms with van der Waals surface area (Å²) in [5, 5.41) is 0. The van der Waals surface area contributed by atoms with Crippen molar-refractivity contribution in [2.24, 2.45) is 0 Å². The summed E-state index contributed by atoms with van der Waals surface area (Å²) in [4.78, 5) is 36.2. The number of aromatic amines is 1. The number of nitrogens with one attached hydrogen (secondary N) is 1. The molecule has 0 saturated carbocycles. The van der Waals surface area contributed by atoms with E-state index in [0.29, 0.717) is 30.7 Å². The number of carbonyl (C=O) groups excluding carboxylic acids is 1. The van der Waals surface area contributed by atoms with Gasteiger partial charge in [-0.05, 0) is 19.3 Å². The zero-order valence-electron chi connectivity index (χ0n) is 11.0. The maximum Gasteiger partial charge on any atom is 0.328 e. The topological polar surface area (TPSA) is 83.9 Å². The SMILES string of the molecule is CC#CC(=O)N1CCC(n2c(=O)[nH]c3cncnc32)C1. The van der Waals surface area contributed by atoms with E-state index >= 15 is 0 Å². The molecular formula is C13H13N5O2. The molecule has 7 heteroatoms. The van der Waals surface area contributed by atoms with Gasteiger partial charge in [0.15, 0.2) is 5.65 Å². The third kappa shape index (κ3) is 1.95.